The fourth-order valence-corrected chi connectivity index (χ4v) is 7.22. The van der Waals surface area contributed by atoms with Crippen LogP contribution in [0.15, 0.2) is 188 Å². The van der Waals surface area contributed by atoms with Gasteiger partial charge in [0.1, 0.15) is 0 Å². The van der Waals surface area contributed by atoms with Crippen LogP contribution < -0.4 is 4.90 Å². The maximum absolute atomic E-state index is 2.47. The van der Waals surface area contributed by atoms with E-state index in [1.165, 1.54) is 83.5 Å². The van der Waals surface area contributed by atoms with Gasteiger partial charge in [0, 0.05) is 23.2 Å². The Morgan fingerprint density at radius 2 is 0.688 bits per heavy atom. The molecule has 9 rings (SSSR count). The molecule has 0 bridgehead atoms. The summed E-state index contributed by atoms with van der Waals surface area (Å²) in [5.74, 6) is 0. The van der Waals surface area contributed by atoms with Gasteiger partial charge < -0.3 is 4.90 Å². The van der Waals surface area contributed by atoms with Crippen LogP contribution in [0.3, 0.4) is 0 Å². The predicted molar refractivity (Wildman–Crippen MR) is 203 cm³/mol. The molecular weight excluding hydrogens is 579 g/mol. The third-order valence-corrected chi connectivity index (χ3v) is 9.68. The molecule has 0 amide bonds. The first kappa shape index (κ1) is 28.1. The van der Waals surface area contributed by atoms with Crippen molar-refractivity contribution in [2.75, 3.05) is 4.90 Å². The fourth-order valence-electron chi connectivity index (χ4n) is 7.22. The summed E-state index contributed by atoms with van der Waals surface area (Å²) in [6, 6.07) is 68.4. The van der Waals surface area contributed by atoms with Crippen molar-refractivity contribution in [1.82, 2.24) is 0 Å². The van der Waals surface area contributed by atoms with E-state index < -0.39 is 0 Å². The van der Waals surface area contributed by atoms with E-state index >= 15 is 0 Å². The molecule has 1 aliphatic rings. The second kappa shape index (κ2) is 11.9. The maximum atomic E-state index is 2.47. The molecule has 0 atom stereocenters. The average molecular weight is 612 g/mol. The van der Waals surface area contributed by atoms with Gasteiger partial charge in [0.15, 0.2) is 0 Å². The number of hydrogen-bond acceptors (Lipinski definition) is 1. The lowest BCUT2D eigenvalue weighted by Crippen LogP contribution is -2.19. The first-order valence-electron chi connectivity index (χ1n) is 16.6. The van der Waals surface area contributed by atoms with Gasteiger partial charge in [0.2, 0.25) is 0 Å². The van der Waals surface area contributed by atoms with Crippen LogP contribution in [0.5, 0.6) is 0 Å². The summed E-state index contributed by atoms with van der Waals surface area (Å²) in [6.45, 7) is 0. The summed E-state index contributed by atoms with van der Waals surface area (Å²) < 4.78 is 0. The van der Waals surface area contributed by atoms with Crippen LogP contribution in [0.4, 0.5) is 17.1 Å². The smallest absolute Gasteiger partial charge is 0.0540 e. The van der Waals surface area contributed by atoms with Crippen molar-refractivity contribution in [3.8, 4) is 44.5 Å². The van der Waals surface area contributed by atoms with E-state index in [2.05, 4.69) is 193 Å². The van der Waals surface area contributed by atoms with Crippen molar-refractivity contribution in [2.45, 2.75) is 6.42 Å². The molecule has 0 spiro atoms. The highest BCUT2D eigenvalue weighted by Crippen LogP contribution is 2.47. The van der Waals surface area contributed by atoms with E-state index in [0.717, 1.165) is 6.42 Å². The highest BCUT2D eigenvalue weighted by atomic mass is 15.2. The Morgan fingerprint density at radius 3 is 1.21 bits per heavy atom. The molecule has 8 aromatic rings. The van der Waals surface area contributed by atoms with Crippen LogP contribution in [0.1, 0.15) is 11.1 Å². The number of hydrogen-bond donors (Lipinski definition) is 0. The third kappa shape index (κ3) is 5.07. The summed E-state index contributed by atoms with van der Waals surface area (Å²) in [4.78, 5) is 2.47. The molecule has 1 heterocycles. The molecule has 0 radical (unpaired) electrons. The minimum atomic E-state index is 0.873. The van der Waals surface area contributed by atoms with E-state index in [-0.39, 0.29) is 0 Å². The second-order valence-corrected chi connectivity index (χ2v) is 12.6. The summed E-state index contributed by atoms with van der Waals surface area (Å²) >= 11 is 0. The third-order valence-electron chi connectivity index (χ3n) is 9.68. The van der Waals surface area contributed by atoms with Gasteiger partial charge in [-0.15, -0.1) is 0 Å². The van der Waals surface area contributed by atoms with Crippen molar-refractivity contribution in [3.63, 3.8) is 0 Å². The maximum Gasteiger partial charge on any atom is 0.0540 e. The Kier molecular flexibility index (Phi) is 6.95. The number of anilines is 3. The van der Waals surface area contributed by atoms with Gasteiger partial charge >= 0.3 is 0 Å². The largest absolute Gasteiger partial charge is 0.309 e. The normalized spacial score (nSPS) is 12.0. The van der Waals surface area contributed by atoms with Gasteiger partial charge in [0.25, 0.3) is 0 Å². The molecule has 1 heteroatoms. The van der Waals surface area contributed by atoms with Crippen molar-refractivity contribution >= 4 is 27.8 Å². The van der Waals surface area contributed by atoms with E-state index in [1.54, 1.807) is 0 Å². The van der Waals surface area contributed by atoms with Crippen LogP contribution in [0.2, 0.25) is 0 Å². The van der Waals surface area contributed by atoms with Gasteiger partial charge in [-0.3, -0.25) is 0 Å². The molecule has 48 heavy (non-hydrogen) atoms. The number of rotatable bonds is 5. The lowest BCUT2D eigenvalue weighted by molar-refractivity contribution is 1.09. The van der Waals surface area contributed by atoms with Crippen LogP contribution in [0, 0.1) is 0 Å². The first-order valence-corrected chi connectivity index (χ1v) is 16.6. The quantitative estimate of drug-likeness (QED) is 0.187. The van der Waals surface area contributed by atoms with Crippen molar-refractivity contribution < 1.29 is 0 Å². The highest BCUT2D eigenvalue weighted by molar-refractivity contribution is 6.00. The van der Waals surface area contributed by atoms with Crippen LogP contribution in [0.25, 0.3) is 55.3 Å². The molecule has 0 aliphatic carbocycles. The molecule has 1 nitrogen and oxygen atoms in total. The Balaban J connectivity index is 1.14. The minimum Gasteiger partial charge on any atom is -0.309 e. The Bertz CT molecular complexity index is 2250. The standard InChI is InChI=1S/C47H33N/c1-3-10-33(11-4-1)35-18-22-37(23-19-35)40-26-28-45-42(30-40)32-43-31-41(38-24-20-36(21-25-38)34-12-5-2-6-13-34)27-29-46(43)48(45)47-17-9-15-39-14-7-8-16-44(39)47/h1-31H,32H2. The molecular formula is C47H33N. The van der Waals surface area contributed by atoms with Crippen LogP contribution in [-0.4, -0.2) is 0 Å². The summed E-state index contributed by atoms with van der Waals surface area (Å²) in [7, 11) is 0. The molecule has 0 unspecified atom stereocenters. The number of fused-ring (bicyclic) bond motifs is 3. The van der Waals surface area contributed by atoms with Gasteiger partial charge in [-0.25, -0.2) is 0 Å². The van der Waals surface area contributed by atoms with E-state index in [4.69, 9.17) is 0 Å². The van der Waals surface area contributed by atoms with E-state index in [0.29, 0.717) is 0 Å². The summed E-state index contributed by atoms with van der Waals surface area (Å²) in [5.41, 5.74) is 16.2. The molecule has 226 valence electrons. The molecule has 8 aromatic carbocycles. The van der Waals surface area contributed by atoms with Crippen molar-refractivity contribution in [2.24, 2.45) is 0 Å². The van der Waals surface area contributed by atoms with E-state index in [9.17, 15) is 0 Å². The predicted octanol–water partition coefficient (Wildman–Crippen LogP) is 12.9. The Hall–Kier alpha value is -6.18. The number of nitrogens with zero attached hydrogens (tertiary/aromatic N) is 1. The van der Waals surface area contributed by atoms with Crippen molar-refractivity contribution in [1.29, 1.82) is 0 Å². The topological polar surface area (TPSA) is 3.24 Å². The van der Waals surface area contributed by atoms with Gasteiger partial charge in [-0.05, 0) is 91.4 Å². The zero-order chi connectivity index (χ0) is 31.9. The molecule has 1 aliphatic heterocycles. The van der Waals surface area contributed by atoms with Crippen molar-refractivity contribution in [3.05, 3.63) is 199 Å². The average Bonchev–Trinajstić information content (AvgIpc) is 3.17. The molecule has 0 saturated heterocycles. The summed E-state index contributed by atoms with van der Waals surface area (Å²) in [6.07, 6.45) is 0.873. The molecule has 0 aromatic heterocycles. The minimum absolute atomic E-state index is 0.873. The Morgan fingerprint density at radius 1 is 0.292 bits per heavy atom. The van der Waals surface area contributed by atoms with Crippen LogP contribution in [-0.2, 0) is 6.42 Å². The lowest BCUT2D eigenvalue weighted by atomic mass is 9.89. The number of benzene rings is 8. The zero-order valence-electron chi connectivity index (χ0n) is 26.6. The van der Waals surface area contributed by atoms with Crippen LogP contribution >= 0.6 is 0 Å². The first-order chi connectivity index (χ1) is 23.8. The molecule has 0 N–H and O–H groups in total. The fraction of sp³-hybridized carbons (Fsp3) is 0.0213. The zero-order valence-corrected chi connectivity index (χ0v) is 26.6. The lowest BCUT2D eigenvalue weighted by Gasteiger charge is -2.35. The molecule has 0 saturated carbocycles. The monoisotopic (exact) mass is 611 g/mol. The van der Waals surface area contributed by atoms with Gasteiger partial charge in [-0.2, -0.15) is 0 Å². The van der Waals surface area contributed by atoms with E-state index in [1.807, 2.05) is 0 Å². The SMILES string of the molecule is c1ccc(-c2ccc(-c3ccc4c(c3)Cc3cc(-c5ccc(-c6ccccc6)cc5)ccc3N4c3cccc4ccccc34)cc2)cc1. The Labute approximate surface area is 282 Å². The second-order valence-electron chi connectivity index (χ2n) is 12.6. The molecule has 0 fully saturated rings. The van der Waals surface area contributed by atoms with Gasteiger partial charge in [0.05, 0.1) is 5.69 Å². The summed E-state index contributed by atoms with van der Waals surface area (Å²) in [5, 5.41) is 2.49. The highest BCUT2D eigenvalue weighted by Gasteiger charge is 2.26. The van der Waals surface area contributed by atoms with Gasteiger partial charge in [-0.1, -0.05) is 158 Å².